The van der Waals surface area contributed by atoms with Gasteiger partial charge >= 0.3 is 12.2 Å². The predicted molar refractivity (Wildman–Crippen MR) is 151 cm³/mol. The summed E-state index contributed by atoms with van der Waals surface area (Å²) in [6.07, 6.45) is 10.1. The van der Waals surface area contributed by atoms with Gasteiger partial charge in [0.15, 0.2) is 0 Å². The van der Waals surface area contributed by atoms with Gasteiger partial charge in [0, 0.05) is 29.7 Å². The molecule has 0 spiro atoms. The van der Waals surface area contributed by atoms with E-state index in [9.17, 15) is 19.8 Å². The highest BCUT2D eigenvalue weighted by molar-refractivity contribution is 5.67. The van der Waals surface area contributed by atoms with Crippen LogP contribution in [0.1, 0.15) is 80.1 Å². The number of carbonyl (C=O) groups excluding carboxylic acids is 2. The number of nitrogens with one attached hydrogen (secondary N) is 1. The number of hydrogen-bond acceptors (Lipinski definition) is 6. The van der Waals surface area contributed by atoms with E-state index in [1.165, 1.54) is 6.42 Å². The van der Waals surface area contributed by atoms with Crippen LogP contribution in [0.5, 0.6) is 0 Å². The van der Waals surface area contributed by atoms with Gasteiger partial charge in [-0.1, -0.05) is 90.3 Å². The van der Waals surface area contributed by atoms with Crippen LogP contribution in [0.25, 0.3) is 0 Å². The first-order chi connectivity index (χ1) is 17.9. The first-order valence-electron chi connectivity index (χ1n) is 14.1. The van der Waals surface area contributed by atoms with Gasteiger partial charge in [-0.25, -0.2) is 9.59 Å². The molecule has 0 aliphatic heterocycles. The van der Waals surface area contributed by atoms with E-state index in [-0.39, 0.29) is 42.2 Å². The van der Waals surface area contributed by atoms with Crippen molar-refractivity contribution < 1.29 is 29.3 Å². The first kappa shape index (κ1) is 33.7. The van der Waals surface area contributed by atoms with E-state index in [1.54, 1.807) is 12.2 Å². The lowest BCUT2D eigenvalue weighted by atomic mass is 9.81. The lowest BCUT2D eigenvalue weighted by Gasteiger charge is -2.33. The lowest BCUT2D eigenvalue weighted by Crippen LogP contribution is -2.41. The summed E-state index contributed by atoms with van der Waals surface area (Å²) >= 11 is 0. The quantitative estimate of drug-likeness (QED) is 0.162. The van der Waals surface area contributed by atoms with Gasteiger partial charge in [-0.3, -0.25) is 0 Å². The molecule has 2 amide bonds. The number of carbonyl (C=O) groups is 2. The predicted octanol–water partition coefficient (Wildman–Crippen LogP) is 5.49. The topological polar surface area (TPSA) is 131 Å². The van der Waals surface area contributed by atoms with Crippen LogP contribution in [0.3, 0.4) is 0 Å². The van der Waals surface area contributed by atoms with Crippen molar-refractivity contribution in [1.82, 2.24) is 5.32 Å². The summed E-state index contributed by atoms with van der Waals surface area (Å²) in [5.41, 5.74) is 6.32. The van der Waals surface area contributed by atoms with Crippen molar-refractivity contribution in [3.63, 3.8) is 0 Å². The van der Waals surface area contributed by atoms with Gasteiger partial charge in [-0.2, -0.15) is 0 Å². The third-order valence-electron chi connectivity index (χ3n) is 7.68. The summed E-state index contributed by atoms with van der Waals surface area (Å²) < 4.78 is 10.7. The minimum Gasteiger partial charge on any atom is -0.449 e. The average Bonchev–Trinajstić information content (AvgIpc) is 2.87. The number of rotatable bonds is 15. The Bertz CT molecular complexity index is 792. The molecule has 0 heterocycles. The van der Waals surface area contributed by atoms with Crippen molar-refractivity contribution in [3.05, 3.63) is 36.5 Å². The fourth-order valence-electron chi connectivity index (χ4n) is 5.43. The van der Waals surface area contributed by atoms with Crippen molar-refractivity contribution in [3.8, 4) is 0 Å². The van der Waals surface area contributed by atoms with Crippen LogP contribution in [-0.4, -0.2) is 53.4 Å². The van der Waals surface area contributed by atoms with E-state index in [2.05, 4.69) is 11.9 Å². The summed E-state index contributed by atoms with van der Waals surface area (Å²) in [4.78, 5) is 23.6. The molecule has 8 nitrogen and oxygen atoms in total. The molecule has 218 valence electrons. The Labute approximate surface area is 229 Å². The van der Waals surface area contributed by atoms with Gasteiger partial charge in [0.25, 0.3) is 0 Å². The van der Waals surface area contributed by atoms with E-state index < -0.39 is 30.5 Å². The van der Waals surface area contributed by atoms with Gasteiger partial charge in [0.2, 0.25) is 0 Å². The van der Waals surface area contributed by atoms with Crippen molar-refractivity contribution in [2.75, 3.05) is 6.61 Å². The minimum atomic E-state index is -0.871. The summed E-state index contributed by atoms with van der Waals surface area (Å²) in [5, 5.41) is 24.8. The number of alkyl carbamates (subject to hydrolysis) is 1. The smallest absolute Gasteiger partial charge is 0.407 e. The molecule has 0 aromatic rings. The van der Waals surface area contributed by atoms with Crippen LogP contribution >= 0.6 is 0 Å². The molecule has 8 unspecified atom stereocenters. The third-order valence-corrected chi connectivity index (χ3v) is 7.68. The Morgan fingerprint density at radius 1 is 1.03 bits per heavy atom. The van der Waals surface area contributed by atoms with Crippen molar-refractivity contribution in [2.24, 2.45) is 35.3 Å². The SMILES string of the molecule is C=C/C=C\C(C)C(OC(N)=O)C(C)C(O)C(C)C/C(C)=C/C(C)C(O)C(C)COC(=O)NC1CCCCC1. The van der Waals surface area contributed by atoms with E-state index in [4.69, 9.17) is 15.2 Å². The Kier molecular flexibility index (Phi) is 15.3. The van der Waals surface area contributed by atoms with Crippen LogP contribution in [0, 0.1) is 29.6 Å². The van der Waals surface area contributed by atoms with E-state index in [1.807, 2.05) is 53.7 Å². The van der Waals surface area contributed by atoms with Crippen molar-refractivity contribution in [2.45, 2.75) is 104 Å². The molecule has 1 rings (SSSR count). The molecule has 1 aliphatic carbocycles. The molecule has 0 radical (unpaired) electrons. The highest BCUT2D eigenvalue weighted by Crippen LogP contribution is 2.29. The molecule has 0 bridgehead atoms. The Balaban J connectivity index is 2.64. The zero-order valence-corrected chi connectivity index (χ0v) is 24.3. The van der Waals surface area contributed by atoms with Gasteiger partial charge in [0.1, 0.15) is 6.10 Å². The fourth-order valence-corrected chi connectivity index (χ4v) is 5.43. The van der Waals surface area contributed by atoms with Crippen LogP contribution in [0.2, 0.25) is 0 Å². The van der Waals surface area contributed by atoms with E-state index in [0.717, 1.165) is 31.3 Å². The molecule has 8 heteroatoms. The largest absolute Gasteiger partial charge is 0.449 e. The van der Waals surface area contributed by atoms with Gasteiger partial charge in [-0.15, -0.1) is 0 Å². The number of nitrogens with two attached hydrogens (primary N) is 1. The Hall–Kier alpha value is -2.32. The zero-order chi connectivity index (χ0) is 28.8. The second-order valence-corrected chi connectivity index (χ2v) is 11.3. The number of aliphatic hydroxyl groups excluding tert-OH is 2. The monoisotopic (exact) mass is 536 g/mol. The normalized spacial score (nSPS) is 21.4. The summed E-state index contributed by atoms with van der Waals surface area (Å²) in [7, 11) is 0. The number of amides is 2. The van der Waals surface area contributed by atoms with Crippen LogP contribution in [-0.2, 0) is 9.47 Å². The van der Waals surface area contributed by atoms with Crippen molar-refractivity contribution in [1.29, 1.82) is 0 Å². The minimum absolute atomic E-state index is 0.121. The van der Waals surface area contributed by atoms with E-state index >= 15 is 0 Å². The van der Waals surface area contributed by atoms with Gasteiger partial charge in [-0.05, 0) is 32.1 Å². The van der Waals surface area contributed by atoms with Crippen LogP contribution < -0.4 is 11.1 Å². The van der Waals surface area contributed by atoms with Crippen molar-refractivity contribution >= 4 is 12.2 Å². The zero-order valence-electron chi connectivity index (χ0n) is 24.3. The van der Waals surface area contributed by atoms with Crippen LogP contribution in [0.15, 0.2) is 36.5 Å². The number of allylic oxidation sites excluding steroid dienone is 3. The number of hydrogen-bond donors (Lipinski definition) is 4. The molecule has 1 saturated carbocycles. The molecule has 1 aliphatic rings. The molecular formula is C30H52N2O6. The molecule has 5 N–H and O–H groups in total. The van der Waals surface area contributed by atoms with Gasteiger partial charge in [0.05, 0.1) is 18.8 Å². The second-order valence-electron chi connectivity index (χ2n) is 11.3. The molecular weight excluding hydrogens is 484 g/mol. The number of ether oxygens (including phenoxy) is 2. The Morgan fingerprint density at radius 2 is 1.66 bits per heavy atom. The molecule has 0 aromatic heterocycles. The highest BCUT2D eigenvalue weighted by Gasteiger charge is 2.33. The lowest BCUT2D eigenvalue weighted by molar-refractivity contribution is -0.0266. The second kappa shape index (κ2) is 17.3. The molecule has 8 atom stereocenters. The average molecular weight is 537 g/mol. The summed E-state index contributed by atoms with van der Waals surface area (Å²) in [5.74, 6) is -1.02. The highest BCUT2D eigenvalue weighted by atomic mass is 16.6. The first-order valence-corrected chi connectivity index (χ1v) is 14.1. The maximum absolute atomic E-state index is 12.1. The standard InChI is InChI=1S/C30H52N2O6/c1-8-9-13-20(3)28(38-29(31)35)24(7)27(34)22(5)17-19(2)16-21(4)26(33)23(6)18-37-30(36)32-25-14-11-10-12-15-25/h8-9,13,16,20-28,33-34H,1,10-12,14-15,17-18H2,2-7H3,(H2,31,35)(H,32,36)/b13-9-,19-16+. The summed E-state index contributed by atoms with van der Waals surface area (Å²) in [6, 6.07) is 0.186. The third kappa shape index (κ3) is 12.0. The molecule has 0 aromatic carbocycles. The molecule has 38 heavy (non-hydrogen) atoms. The van der Waals surface area contributed by atoms with Gasteiger partial charge < -0.3 is 30.7 Å². The number of primary amides is 1. The fraction of sp³-hybridized carbons (Fsp3) is 0.733. The molecule has 0 saturated heterocycles. The van der Waals surface area contributed by atoms with E-state index in [0.29, 0.717) is 6.42 Å². The maximum Gasteiger partial charge on any atom is 0.407 e. The Morgan fingerprint density at radius 3 is 2.24 bits per heavy atom. The summed E-state index contributed by atoms with van der Waals surface area (Å²) in [6.45, 7) is 15.3. The number of aliphatic hydroxyl groups is 2. The molecule has 1 fully saturated rings. The maximum atomic E-state index is 12.1. The van der Waals surface area contributed by atoms with Crippen LogP contribution in [0.4, 0.5) is 9.59 Å².